The highest BCUT2D eigenvalue weighted by atomic mass is 16.5. The Morgan fingerprint density at radius 1 is 1.59 bits per heavy atom. The maximum atomic E-state index is 12.2. The monoisotopic (exact) mass is 242 g/mol. The van der Waals surface area contributed by atoms with E-state index in [-0.39, 0.29) is 30.4 Å². The molecule has 17 heavy (non-hydrogen) atoms. The Hall–Kier alpha value is -1.10. The minimum absolute atomic E-state index is 0.00486. The predicted molar refractivity (Wildman–Crippen MR) is 64.5 cm³/mol. The van der Waals surface area contributed by atoms with Crippen LogP contribution in [0.2, 0.25) is 0 Å². The lowest BCUT2D eigenvalue weighted by Crippen LogP contribution is -2.48. The lowest BCUT2D eigenvalue weighted by molar-refractivity contribution is -0.145. The van der Waals surface area contributed by atoms with Crippen LogP contribution in [-0.4, -0.2) is 48.6 Å². The summed E-state index contributed by atoms with van der Waals surface area (Å²) in [5.74, 6) is -0.358. The first kappa shape index (κ1) is 14.0. The van der Waals surface area contributed by atoms with Crippen LogP contribution >= 0.6 is 0 Å². The van der Waals surface area contributed by atoms with E-state index < -0.39 is 6.04 Å². The molecule has 5 heteroatoms. The van der Waals surface area contributed by atoms with Crippen molar-refractivity contribution in [2.75, 3.05) is 13.7 Å². The Bertz CT molecular complexity index is 291. The second-order valence-electron chi connectivity index (χ2n) is 4.81. The van der Waals surface area contributed by atoms with Crippen molar-refractivity contribution in [1.82, 2.24) is 10.2 Å². The topological polar surface area (TPSA) is 58.6 Å². The van der Waals surface area contributed by atoms with E-state index in [0.29, 0.717) is 0 Å². The molecule has 1 saturated heterocycles. The van der Waals surface area contributed by atoms with E-state index in [4.69, 9.17) is 0 Å². The van der Waals surface area contributed by atoms with Crippen LogP contribution in [0.5, 0.6) is 0 Å². The van der Waals surface area contributed by atoms with E-state index >= 15 is 0 Å². The molecule has 0 bridgehead atoms. The fourth-order valence-corrected chi connectivity index (χ4v) is 2.05. The van der Waals surface area contributed by atoms with Crippen molar-refractivity contribution >= 4 is 11.9 Å². The molecule has 2 atom stereocenters. The number of amides is 1. The van der Waals surface area contributed by atoms with Crippen LogP contribution in [0.4, 0.5) is 0 Å². The van der Waals surface area contributed by atoms with Gasteiger partial charge >= 0.3 is 5.97 Å². The molecule has 0 aromatic heterocycles. The molecule has 2 unspecified atom stereocenters. The van der Waals surface area contributed by atoms with E-state index in [1.165, 1.54) is 7.11 Å². The molecule has 1 aliphatic heterocycles. The predicted octanol–water partition coefficient (Wildman–Crippen LogP) is 0.537. The highest BCUT2D eigenvalue weighted by Crippen LogP contribution is 2.13. The molecule has 1 rings (SSSR count). The number of rotatable bonds is 3. The smallest absolute Gasteiger partial charge is 0.307 e. The molecule has 0 aliphatic carbocycles. The number of methoxy groups -OCH3 is 1. The summed E-state index contributed by atoms with van der Waals surface area (Å²) in [6.07, 6.45) is 1.00. The quantitative estimate of drug-likeness (QED) is 0.734. The van der Waals surface area contributed by atoms with E-state index in [1.54, 1.807) is 0 Å². The fraction of sp³-hybridized carbons (Fsp3) is 0.833. The van der Waals surface area contributed by atoms with Gasteiger partial charge in [-0.1, -0.05) is 0 Å². The first-order chi connectivity index (χ1) is 7.95. The number of esters is 1. The summed E-state index contributed by atoms with van der Waals surface area (Å²) in [5.41, 5.74) is 0. The van der Waals surface area contributed by atoms with Gasteiger partial charge in [0.1, 0.15) is 0 Å². The normalized spacial score (nSPS) is 25.9. The fourth-order valence-electron chi connectivity index (χ4n) is 2.05. The number of ether oxygens (including phenoxy) is 1. The van der Waals surface area contributed by atoms with Gasteiger partial charge in [0.15, 0.2) is 0 Å². The Labute approximate surface area is 102 Å². The third-order valence-electron chi connectivity index (χ3n) is 3.09. The molecule has 5 nitrogen and oxygen atoms in total. The third kappa shape index (κ3) is 3.70. The second kappa shape index (κ2) is 6.00. The number of nitrogens with zero attached hydrogens (tertiary/aromatic N) is 1. The van der Waals surface area contributed by atoms with Gasteiger partial charge in [-0.2, -0.15) is 0 Å². The number of hydrogen-bond donors (Lipinski definition) is 1. The van der Waals surface area contributed by atoms with Crippen LogP contribution in [0.25, 0.3) is 0 Å². The van der Waals surface area contributed by atoms with Crippen molar-refractivity contribution in [3.05, 3.63) is 0 Å². The average molecular weight is 242 g/mol. The summed E-state index contributed by atoms with van der Waals surface area (Å²) in [4.78, 5) is 25.4. The molecule has 0 radical (unpaired) electrons. The van der Waals surface area contributed by atoms with Gasteiger partial charge in [-0.05, 0) is 27.2 Å². The summed E-state index contributed by atoms with van der Waals surface area (Å²) in [6.45, 7) is 6.75. The molecule has 1 N–H and O–H groups in total. The van der Waals surface area contributed by atoms with Crippen molar-refractivity contribution in [2.45, 2.75) is 51.7 Å². The van der Waals surface area contributed by atoms with Crippen LogP contribution in [-0.2, 0) is 14.3 Å². The van der Waals surface area contributed by atoms with Crippen LogP contribution < -0.4 is 5.32 Å². The van der Waals surface area contributed by atoms with Crippen molar-refractivity contribution in [3.8, 4) is 0 Å². The van der Waals surface area contributed by atoms with E-state index in [1.807, 2.05) is 25.7 Å². The maximum absolute atomic E-state index is 12.2. The summed E-state index contributed by atoms with van der Waals surface area (Å²) in [7, 11) is 1.34. The zero-order valence-electron chi connectivity index (χ0n) is 11.0. The zero-order chi connectivity index (χ0) is 13.0. The minimum Gasteiger partial charge on any atom is -0.469 e. The van der Waals surface area contributed by atoms with Crippen molar-refractivity contribution in [3.63, 3.8) is 0 Å². The Kier molecular flexibility index (Phi) is 4.93. The summed E-state index contributed by atoms with van der Waals surface area (Å²) in [5, 5.41) is 3.19. The molecule has 0 aromatic carbocycles. The van der Waals surface area contributed by atoms with Crippen LogP contribution in [0, 0.1) is 0 Å². The molecular weight excluding hydrogens is 220 g/mol. The number of carbonyl (C=O) groups is 2. The van der Waals surface area contributed by atoms with Crippen molar-refractivity contribution in [1.29, 1.82) is 0 Å². The van der Waals surface area contributed by atoms with Crippen molar-refractivity contribution in [2.24, 2.45) is 0 Å². The average Bonchev–Trinajstić information content (AvgIpc) is 2.39. The second-order valence-corrected chi connectivity index (χ2v) is 4.81. The highest BCUT2D eigenvalue weighted by molar-refractivity contribution is 5.87. The Balaban J connectivity index is 2.77. The minimum atomic E-state index is -0.456. The third-order valence-corrected chi connectivity index (χ3v) is 3.09. The van der Waals surface area contributed by atoms with E-state index in [2.05, 4.69) is 10.1 Å². The van der Waals surface area contributed by atoms with Gasteiger partial charge in [-0.25, -0.2) is 0 Å². The summed E-state index contributed by atoms with van der Waals surface area (Å²) >= 11 is 0. The molecule has 0 aromatic rings. The molecule has 1 amide bonds. The van der Waals surface area contributed by atoms with Gasteiger partial charge in [0, 0.05) is 18.6 Å². The first-order valence-corrected chi connectivity index (χ1v) is 6.09. The highest BCUT2D eigenvalue weighted by Gasteiger charge is 2.32. The molecule has 0 spiro atoms. The number of nitrogens with one attached hydrogen (secondary N) is 1. The van der Waals surface area contributed by atoms with Gasteiger partial charge < -0.3 is 15.0 Å². The Morgan fingerprint density at radius 3 is 2.76 bits per heavy atom. The van der Waals surface area contributed by atoms with Gasteiger partial charge in [-0.3, -0.25) is 9.59 Å². The summed E-state index contributed by atoms with van der Waals surface area (Å²) in [6, 6.07) is -0.0607. The Morgan fingerprint density at radius 2 is 2.24 bits per heavy atom. The van der Waals surface area contributed by atoms with Gasteiger partial charge in [0.25, 0.3) is 0 Å². The van der Waals surface area contributed by atoms with Gasteiger partial charge in [0.05, 0.1) is 19.6 Å². The van der Waals surface area contributed by atoms with Gasteiger partial charge in [0.2, 0.25) is 5.91 Å². The molecular formula is C12H22N2O3. The van der Waals surface area contributed by atoms with Gasteiger partial charge in [-0.15, -0.1) is 0 Å². The lowest BCUT2D eigenvalue weighted by Gasteiger charge is -2.27. The van der Waals surface area contributed by atoms with Crippen LogP contribution in [0.15, 0.2) is 0 Å². The molecule has 0 saturated carbocycles. The van der Waals surface area contributed by atoms with Crippen LogP contribution in [0.3, 0.4) is 0 Å². The van der Waals surface area contributed by atoms with Crippen molar-refractivity contribution < 1.29 is 14.3 Å². The SMILES string of the molecule is COC(=O)CC1NC(C)CCN(C(C)C)C1=O. The largest absolute Gasteiger partial charge is 0.469 e. The molecule has 1 fully saturated rings. The summed E-state index contributed by atoms with van der Waals surface area (Å²) < 4.78 is 4.62. The molecule has 98 valence electrons. The maximum Gasteiger partial charge on any atom is 0.307 e. The molecule has 1 heterocycles. The van der Waals surface area contributed by atoms with E-state index in [9.17, 15) is 9.59 Å². The van der Waals surface area contributed by atoms with E-state index in [0.717, 1.165) is 13.0 Å². The number of carbonyl (C=O) groups excluding carboxylic acids is 2. The number of hydrogen-bond acceptors (Lipinski definition) is 4. The lowest BCUT2D eigenvalue weighted by atomic mass is 10.1. The first-order valence-electron chi connectivity index (χ1n) is 6.09. The molecule has 1 aliphatic rings. The standard InChI is InChI=1S/C12H22N2O3/c1-8(2)14-6-5-9(3)13-10(12(14)16)7-11(15)17-4/h8-10,13H,5-7H2,1-4H3. The van der Waals surface area contributed by atoms with Crippen LogP contribution in [0.1, 0.15) is 33.6 Å². The zero-order valence-corrected chi connectivity index (χ0v) is 11.0.